The van der Waals surface area contributed by atoms with Gasteiger partial charge in [0.05, 0.1) is 23.2 Å². The van der Waals surface area contributed by atoms with Crippen molar-refractivity contribution in [2.24, 2.45) is 0 Å². The Bertz CT molecular complexity index is 946. The van der Waals surface area contributed by atoms with Crippen LogP contribution in [0, 0.1) is 0 Å². The van der Waals surface area contributed by atoms with Crippen LogP contribution in [0.4, 0.5) is 5.82 Å². The van der Waals surface area contributed by atoms with E-state index in [0.717, 1.165) is 52.6 Å². The average molecular weight is 370 g/mol. The monoisotopic (exact) mass is 370 g/mol. The Morgan fingerprint density at radius 3 is 2.67 bits per heavy atom. The number of nitrogens with two attached hydrogens (primary N) is 1. The molecule has 2 heterocycles. The van der Waals surface area contributed by atoms with Crippen molar-refractivity contribution in [1.29, 1.82) is 0 Å². The van der Waals surface area contributed by atoms with Crippen molar-refractivity contribution in [3.05, 3.63) is 29.6 Å². The summed E-state index contributed by atoms with van der Waals surface area (Å²) in [4.78, 5) is 9.38. The zero-order valence-electron chi connectivity index (χ0n) is 16.7. The molecule has 0 spiro atoms. The third-order valence-corrected chi connectivity index (χ3v) is 5.06. The van der Waals surface area contributed by atoms with Crippen molar-refractivity contribution in [3.63, 3.8) is 0 Å². The van der Waals surface area contributed by atoms with Crippen LogP contribution in [-0.4, -0.2) is 32.9 Å². The number of nitrogens with zero attached hydrogens (tertiary/aromatic N) is 3. The molecule has 3 N–H and O–H groups in total. The summed E-state index contributed by atoms with van der Waals surface area (Å²) in [6.07, 6.45) is 3.00. The summed E-state index contributed by atoms with van der Waals surface area (Å²) in [6.45, 7) is 9.46. The van der Waals surface area contributed by atoms with Crippen molar-refractivity contribution >= 4 is 27.8 Å². The molecule has 0 fully saturated rings. The summed E-state index contributed by atoms with van der Waals surface area (Å²) in [5.74, 6) is 1.39. The van der Waals surface area contributed by atoms with Crippen LogP contribution >= 0.6 is 0 Å². The van der Waals surface area contributed by atoms with E-state index in [9.17, 15) is 5.11 Å². The van der Waals surface area contributed by atoms with E-state index in [4.69, 9.17) is 15.5 Å². The molecule has 0 bridgehead atoms. The quantitative estimate of drug-likeness (QED) is 0.630. The number of anilines is 1. The van der Waals surface area contributed by atoms with Crippen molar-refractivity contribution in [3.8, 4) is 0 Å². The van der Waals surface area contributed by atoms with Crippen molar-refractivity contribution in [2.45, 2.75) is 59.1 Å². The van der Waals surface area contributed by atoms with Gasteiger partial charge >= 0.3 is 0 Å². The molecule has 0 saturated heterocycles. The molecule has 146 valence electrons. The van der Waals surface area contributed by atoms with Crippen LogP contribution in [0.2, 0.25) is 0 Å². The predicted molar refractivity (Wildman–Crippen MR) is 110 cm³/mol. The third kappa shape index (κ3) is 3.64. The van der Waals surface area contributed by atoms with Crippen LogP contribution in [0.5, 0.6) is 0 Å². The van der Waals surface area contributed by atoms with E-state index in [0.29, 0.717) is 19.0 Å². The summed E-state index contributed by atoms with van der Waals surface area (Å²) >= 11 is 0. The highest BCUT2D eigenvalue weighted by Gasteiger charge is 2.23. The summed E-state index contributed by atoms with van der Waals surface area (Å²) in [5, 5.41) is 10.6. The Morgan fingerprint density at radius 1 is 1.22 bits per heavy atom. The fraction of sp³-hybridized carbons (Fsp3) is 0.524. The normalized spacial score (nSPS) is 12.3. The predicted octanol–water partition coefficient (Wildman–Crippen LogP) is 3.77. The summed E-state index contributed by atoms with van der Waals surface area (Å²) < 4.78 is 7.98. The van der Waals surface area contributed by atoms with Crippen LogP contribution in [0.1, 0.15) is 51.9 Å². The molecular weight excluding hydrogens is 340 g/mol. The summed E-state index contributed by atoms with van der Waals surface area (Å²) in [7, 11) is 0. The van der Waals surface area contributed by atoms with Gasteiger partial charge in [0.2, 0.25) is 0 Å². The van der Waals surface area contributed by atoms with Gasteiger partial charge in [0.1, 0.15) is 11.3 Å². The number of aryl methyl sites for hydroxylation is 1. The van der Waals surface area contributed by atoms with Crippen molar-refractivity contribution < 1.29 is 9.84 Å². The van der Waals surface area contributed by atoms with E-state index < -0.39 is 5.60 Å². The van der Waals surface area contributed by atoms with E-state index >= 15 is 0 Å². The molecule has 0 saturated carbocycles. The van der Waals surface area contributed by atoms with Crippen LogP contribution in [0.25, 0.3) is 21.9 Å². The molecule has 0 aliphatic carbocycles. The van der Waals surface area contributed by atoms with E-state index in [1.165, 1.54) is 0 Å². The number of aliphatic hydroxyl groups excluding tert-OH is 1. The Kier molecular flexibility index (Phi) is 5.67. The number of pyridine rings is 1. The first-order chi connectivity index (χ1) is 12.9. The maximum Gasteiger partial charge on any atom is 0.152 e. The summed E-state index contributed by atoms with van der Waals surface area (Å²) in [6, 6.07) is 6.19. The molecular formula is C21H30N4O2. The smallest absolute Gasteiger partial charge is 0.152 e. The number of hydrogen-bond acceptors (Lipinski definition) is 5. The molecule has 0 aliphatic rings. The number of benzene rings is 1. The van der Waals surface area contributed by atoms with Crippen LogP contribution in [0.3, 0.4) is 0 Å². The van der Waals surface area contributed by atoms with Crippen molar-refractivity contribution in [2.75, 3.05) is 18.9 Å². The molecule has 3 aromatic rings. The maximum atomic E-state index is 9.59. The van der Waals surface area contributed by atoms with Gasteiger partial charge in [-0.1, -0.05) is 25.5 Å². The number of hydrogen-bond donors (Lipinski definition) is 2. The minimum Gasteiger partial charge on any atom is -0.395 e. The second-order valence-corrected chi connectivity index (χ2v) is 7.38. The van der Waals surface area contributed by atoms with E-state index in [2.05, 4.69) is 42.5 Å². The van der Waals surface area contributed by atoms with Crippen LogP contribution in [-0.2, 0) is 23.3 Å². The van der Waals surface area contributed by atoms with Gasteiger partial charge in [-0.3, -0.25) is 0 Å². The maximum absolute atomic E-state index is 9.59. The zero-order valence-corrected chi connectivity index (χ0v) is 16.7. The molecule has 0 unspecified atom stereocenters. The molecule has 0 radical (unpaired) electrons. The third-order valence-electron chi connectivity index (χ3n) is 5.06. The second kappa shape index (κ2) is 7.82. The largest absolute Gasteiger partial charge is 0.395 e. The van der Waals surface area contributed by atoms with Crippen molar-refractivity contribution in [1.82, 2.24) is 14.5 Å². The Balaban J connectivity index is 2.24. The fourth-order valence-corrected chi connectivity index (χ4v) is 3.64. The van der Waals surface area contributed by atoms with Gasteiger partial charge in [0.15, 0.2) is 5.82 Å². The SMILES string of the molecule is CCCCc1nc2c(N)nc3cc(C(C)(C)OCC)ccc3c2n1CCO. The van der Waals surface area contributed by atoms with Gasteiger partial charge in [0, 0.05) is 25.0 Å². The minimum absolute atomic E-state index is 0.0593. The first-order valence-electron chi connectivity index (χ1n) is 9.76. The van der Waals surface area contributed by atoms with Gasteiger partial charge < -0.3 is 20.1 Å². The molecule has 3 rings (SSSR count). The number of nitrogen functional groups attached to an aromatic ring is 1. The lowest BCUT2D eigenvalue weighted by Gasteiger charge is -2.25. The number of aliphatic hydroxyl groups is 1. The number of aromatic nitrogens is 3. The van der Waals surface area contributed by atoms with Crippen LogP contribution < -0.4 is 5.73 Å². The molecule has 1 aromatic carbocycles. The summed E-state index contributed by atoms with van der Waals surface area (Å²) in [5.41, 5.74) is 9.43. The Labute approximate surface area is 160 Å². The van der Waals surface area contributed by atoms with Gasteiger partial charge in [-0.25, -0.2) is 9.97 Å². The fourth-order valence-electron chi connectivity index (χ4n) is 3.64. The number of unbranched alkanes of at least 4 members (excludes halogenated alkanes) is 1. The molecule has 27 heavy (non-hydrogen) atoms. The lowest BCUT2D eigenvalue weighted by Crippen LogP contribution is -2.21. The molecule has 6 nitrogen and oxygen atoms in total. The average Bonchev–Trinajstić information content (AvgIpc) is 2.99. The molecule has 0 atom stereocenters. The van der Waals surface area contributed by atoms with E-state index in [-0.39, 0.29) is 6.61 Å². The second-order valence-electron chi connectivity index (χ2n) is 7.38. The lowest BCUT2D eigenvalue weighted by atomic mass is 9.96. The minimum atomic E-state index is -0.397. The van der Waals surface area contributed by atoms with Gasteiger partial charge in [-0.2, -0.15) is 0 Å². The number of imidazole rings is 1. The number of ether oxygens (including phenoxy) is 1. The molecule has 0 aliphatic heterocycles. The highest BCUT2D eigenvalue weighted by molar-refractivity contribution is 6.06. The highest BCUT2D eigenvalue weighted by atomic mass is 16.5. The standard InChI is InChI=1S/C21H30N4O2/c1-5-7-8-17-24-18-19(25(17)11-12-26)15-10-9-14(21(3,4)27-6-2)13-16(15)23-20(18)22/h9-10,13,26H,5-8,11-12H2,1-4H3,(H2,22,23). The first kappa shape index (κ1) is 19.6. The topological polar surface area (TPSA) is 86.2 Å². The lowest BCUT2D eigenvalue weighted by molar-refractivity contribution is -0.0139. The van der Waals surface area contributed by atoms with Gasteiger partial charge in [-0.15, -0.1) is 0 Å². The zero-order chi connectivity index (χ0) is 19.6. The highest BCUT2D eigenvalue weighted by Crippen LogP contribution is 2.33. The Hall–Kier alpha value is -2.18. The Morgan fingerprint density at radius 2 is 2.00 bits per heavy atom. The molecule has 6 heteroatoms. The van der Waals surface area contributed by atoms with Gasteiger partial charge in [-0.05, 0) is 38.8 Å². The molecule has 2 aromatic heterocycles. The van der Waals surface area contributed by atoms with E-state index in [1.54, 1.807) is 0 Å². The van der Waals surface area contributed by atoms with Crippen LogP contribution in [0.15, 0.2) is 18.2 Å². The number of rotatable bonds is 8. The van der Waals surface area contributed by atoms with E-state index in [1.807, 2.05) is 13.0 Å². The first-order valence-corrected chi connectivity index (χ1v) is 9.76. The number of fused-ring (bicyclic) bond motifs is 3. The molecule has 0 amide bonds. The van der Waals surface area contributed by atoms with Gasteiger partial charge in [0.25, 0.3) is 0 Å².